The zero-order valence-electron chi connectivity index (χ0n) is 8.57. The summed E-state index contributed by atoms with van der Waals surface area (Å²) in [5, 5.41) is 13.9. The molecule has 82 valence electrons. The van der Waals surface area contributed by atoms with Crippen LogP contribution in [0, 0.1) is 11.5 Å². The number of hydrogen-bond acceptors (Lipinski definition) is 6. The van der Waals surface area contributed by atoms with Crippen LogP contribution in [-0.2, 0) is 4.74 Å². The average Bonchev–Trinajstić information content (AvgIpc) is 2.74. The second-order valence-corrected chi connectivity index (χ2v) is 3.71. The number of nitrogens with zero attached hydrogens (tertiary/aromatic N) is 3. The topological polar surface area (TPSA) is 72.7 Å². The predicted molar refractivity (Wildman–Crippen MR) is 54.7 cm³/mol. The zero-order chi connectivity index (χ0) is 10.5. The molecule has 2 aliphatic heterocycles. The Kier molecular flexibility index (Phi) is 3.37. The largest absolute Gasteiger partial charge is 0.377 e. The van der Waals surface area contributed by atoms with Gasteiger partial charge in [0.2, 0.25) is 5.96 Å². The van der Waals surface area contributed by atoms with Gasteiger partial charge in [-0.05, 0) is 12.8 Å². The third-order valence-corrected chi connectivity index (χ3v) is 2.56. The number of rotatable bonds is 2. The number of ether oxygens (including phenoxy) is 1. The molecule has 6 nitrogen and oxygen atoms in total. The van der Waals surface area contributed by atoms with Crippen LogP contribution < -0.4 is 10.6 Å². The highest BCUT2D eigenvalue weighted by atomic mass is 16.5. The van der Waals surface area contributed by atoms with Crippen molar-refractivity contribution in [1.82, 2.24) is 15.5 Å². The summed E-state index contributed by atoms with van der Waals surface area (Å²) in [4.78, 5) is 6.35. The van der Waals surface area contributed by atoms with Crippen molar-refractivity contribution in [1.29, 1.82) is 5.26 Å². The predicted octanol–water partition coefficient (Wildman–Crippen LogP) is -0.588. The third kappa shape index (κ3) is 2.81. The summed E-state index contributed by atoms with van der Waals surface area (Å²) < 4.78 is 5.54. The molecule has 0 radical (unpaired) electrons. The summed E-state index contributed by atoms with van der Waals surface area (Å²) in [6, 6.07) is 0. The van der Waals surface area contributed by atoms with Gasteiger partial charge in [0.1, 0.15) is 0 Å². The van der Waals surface area contributed by atoms with Gasteiger partial charge < -0.3 is 10.1 Å². The molecule has 0 spiro atoms. The lowest BCUT2D eigenvalue weighted by atomic mass is 10.2. The van der Waals surface area contributed by atoms with Gasteiger partial charge in [-0.1, -0.05) is 0 Å². The van der Waals surface area contributed by atoms with Crippen LogP contribution in [0.3, 0.4) is 0 Å². The molecule has 6 heteroatoms. The van der Waals surface area contributed by atoms with Crippen LogP contribution in [0.1, 0.15) is 12.8 Å². The number of aliphatic imine (C=N–C) groups is 1. The molecule has 0 aromatic heterocycles. The first-order chi connectivity index (χ1) is 7.38. The van der Waals surface area contributed by atoms with Crippen molar-refractivity contribution >= 4 is 5.96 Å². The van der Waals surface area contributed by atoms with Crippen LogP contribution in [0.25, 0.3) is 0 Å². The van der Waals surface area contributed by atoms with E-state index in [0.717, 1.165) is 26.0 Å². The molecule has 0 bridgehead atoms. The van der Waals surface area contributed by atoms with Crippen molar-refractivity contribution in [3.8, 4) is 6.19 Å². The van der Waals surface area contributed by atoms with Crippen molar-refractivity contribution in [2.45, 2.75) is 18.9 Å². The molecular weight excluding hydrogens is 194 g/mol. The molecule has 1 atom stereocenters. The fourth-order valence-corrected chi connectivity index (χ4v) is 1.80. The van der Waals surface area contributed by atoms with Gasteiger partial charge >= 0.3 is 0 Å². The molecule has 2 aliphatic rings. The van der Waals surface area contributed by atoms with Gasteiger partial charge in [0.25, 0.3) is 0 Å². The van der Waals surface area contributed by atoms with Gasteiger partial charge in [-0.2, -0.15) is 5.26 Å². The fraction of sp³-hybridized carbons (Fsp3) is 0.778. The van der Waals surface area contributed by atoms with Crippen LogP contribution in [0.5, 0.6) is 0 Å². The second kappa shape index (κ2) is 4.96. The molecule has 2 rings (SSSR count). The summed E-state index contributed by atoms with van der Waals surface area (Å²) in [5.74, 6) is 0.557. The molecular formula is C9H15N5O. The van der Waals surface area contributed by atoms with Gasteiger partial charge in [-0.25, -0.2) is 4.99 Å². The highest BCUT2D eigenvalue weighted by molar-refractivity contribution is 5.81. The van der Waals surface area contributed by atoms with E-state index in [1.54, 1.807) is 0 Å². The first-order valence-electron chi connectivity index (χ1n) is 5.16. The minimum Gasteiger partial charge on any atom is -0.377 e. The lowest BCUT2D eigenvalue weighted by molar-refractivity contribution is 0.0713. The first kappa shape index (κ1) is 10.2. The summed E-state index contributed by atoms with van der Waals surface area (Å²) in [6.07, 6.45) is 4.50. The van der Waals surface area contributed by atoms with E-state index >= 15 is 0 Å². The van der Waals surface area contributed by atoms with E-state index in [1.165, 1.54) is 0 Å². The molecule has 0 aliphatic carbocycles. The minimum absolute atomic E-state index is 0.354. The molecule has 2 heterocycles. The maximum atomic E-state index is 8.40. The zero-order valence-corrected chi connectivity index (χ0v) is 8.57. The average molecular weight is 209 g/mol. The SMILES string of the molecule is N#CNC1=NCN(CC2CCCO2)CN1. The second-order valence-electron chi connectivity index (χ2n) is 3.71. The van der Waals surface area contributed by atoms with E-state index in [4.69, 9.17) is 10.00 Å². The number of nitrogens with one attached hydrogen (secondary N) is 2. The Labute approximate surface area is 88.9 Å². The van der Waals surface area contributed by atoms with Crippen molar-refractivity contribution < 1.29 is 4.74 Å². The molecule has 1 unspecified atom stereocenters. The Bertz CT molecular complexity index is 279. The summed E-state index contributed by atoms with van der Waals surface area (Å²) in [7, 11) is 0. The molecule has 1 saturated heterocycles. The Hall–Kier alpha value is -1.32. The highest BCUT2D eigenvalue weighted by Crippen LogP contribution is 2.13. The smallest absolute Gasteiger partial charge is 0.207 e. The van der Waals surface area contributed by atoms with Gasteiger partial charge in [0.05, 0.1) is 19.4 Å². The molecule has 15 heavy (non-hydrogen) atoms. The summed E-state index contributed by atoms with van der Waals surface area (Å²) >= 11 is 0. The van der Waals surface area contributed by atoms with E-state index in [9.17, 15) is 0 Å². The fourth-order valence-electron chi connectivity index (χ4n) is 1.80. The number of hydrogen-bond donors (Lipinski definition) is 2. The maximum Gasteiger partial charge on any atom is 0.207 e. The normalized spacial score (nSPS) is 26.6. The minimum atomic E-state index is 0.354. The Balaban J connectivity index is 1.75. The van der Waals surface area contributed by atoms with Gasteiger partial charge in [-0.3, -0.25) is 10.2 Å². The summed E-state index contributed by atoms with van der Waals surface area (Å²) in [6.45, 7) is 3.14. The molecule has 0 aromatic carbocycles. The van der Waals surface area contributed by atoms with E-state index in [2.05, 4.69) is 20.5 Å². The van der Waals surface area contributed by atoms with Crippen molar-refractivity contribution in [3.05, 3.63) is 0 Å². The lowest BCUT2D eigenvalue weighted by Crippen LogP contribution is -2.49. The molecule has 0 saturated carbocycles. The summed E-state index contributed by atoms with van der Waals surface area (Å²) in [5.41, 5.74) is 0. The van der Waals surface area contributed by atoms with Crippen molar-refractivity contribution in [2.75, 3.05) is 26.5 Å². The Morgan fingerprint density at radius 1 is 1.73 bits per heavy atom. The molecule has 2 N–H and O–H groups in total. The van der Waals surface area contributed by atoms with Crippen molar-refractivity contribution in [2.24, 2.45) is 4.99 Å². The van der Waals surface area contributed by atoms with E-state index in [1.807, 2.05) is 6.19 Å². The van der Waals surface area contributed by atoms with Gasteiger partial charge in [0.15, 0.2) is 6.19 Å². The lowest BCUT2D eigenvalue weighted by Gasteiger charge is -2.27. The van der Waals surface area contributed by atoms with Crippen LogP contribution in [0.2, 0.25) is 0 Å². The molecule has 0 aromatic rings. The van der Waals surface area contributed by atoms with Gasteiger partial charge in [0, 0.05) is 13.2 Å². The Morgan fingerprint density at radius 3 is 3.27 bits per heavy atom. The van der Waals surface area contributed by atoms with Crippen molar-refractivity contribution in [3.63, 3.8) is 0 Å². The molecule has 1 fully saturated rings. The van der Waals surface area contributed by atoms with E-state index in [-0.39, 0.29) is 0 Å². The van der Waals surface area contributed by atoms with Crippen LogP contribution >= 0.6 is 0 Å². The quantitative estimate of drug-likeness (QED) is 0.470. The monoisotopic (exact) mass is 209 g/mol. The van der Waals surface area contributed by atoms with Gasteiger partial charge in [-0.15, -0.1) is 0 Å². The number of nitriles is 1. The maximum absolute atomic E-state index is 8.40. The first-order valence-corrected chi connectivity index (χ1v) is 5.16. The van der Waals surface area contributed by atoms with Crippen LogP contribution in [0.4, 0.5) is 0 Å². The van der Waals surface area contributed by atoms with Crippen LogP contribution in [0.15, 0.2) is 4.99 Å². The standard InChI is InChI=1S/C9H15N5O/c10-5-11-9-12-6-14(7-13-9)4-8-2-1-3-15-8/h8H,1-4,6-7H2,(H2,11,12,13). The highest BCUT2D eigenvalue weighted by Gasteiger charge is 2.20. The van der Waals surface area contributed by atoms with Crippen LogP contribution in [-0.4, -0.2) is 43.5 Å². The van der Waals surface area contributed by atoms with E-state index < -0.39 is 0 Å². The third-order valence-electron chi connectivity index (χ3n) is 2.56. The number of guanidine groups is 1. The van der Waals surface area contributed by atoms with E-state index in [0.29, 0.717) is 25.4 Å². The molecule has 0 amide bonds. The Morgan fingerprint density at radius 2 is 2.67 bits per heavy atom.